The SMILES string of the molecule is O=C(CC1C=CCC1)Nc1ccc(S(=O)(=O)NCc2ccco2)cc1. The van der Waals surface area contributed by atoms with Gasteiger partial charge in [-0.2, -0.15) is 0 Å². The summed E-state index contributed by atoms with van der Waals surface area (Å²) in [6.07, 6.45) is 8.12. The van der Waals surface area contributed by atoms with Gasteiger partial charge in [-0.3, -0.25) is 4.79 Å². The second-order valence-electron chi connectivity index (χ2n) is 5.95. The largest absolute Gasteiger partial charge is 0.468 e. The van der Waals surface area contributed by atoms with Gasteiger partial charge in [-0.05, 0) is 55.2 Å². The number of nitrogens with one attached hydrogen (secondary N) is 2. The summed E-state index contributed by atoms with van der Waals surface area (Å²) in [6.45, 7) is 0.0860. The van der Waals surface area contributed by atoms with Crippen LogP contribution in [0.3, 0.4) is 0 Å². The molecule has 0 saturated heterocycles. The molecule has 1 unspecified atom stereocenters. The standard InChI is InChI=1S/C18H20N2O4S/c21-18(12-14-4-1-2-5-14)20-15-7-9-17(10-8-15)25(22,23)19-13-16-6-3-11-24-16/h1,3-4,6-11,14,19H,2,5,12-13H2,(H,20,21). The molecule has 132 valence electrons. The summed E-state index contributed by atoms with van der Waals surface area (Å²) in [7, 11) is -3.63. The average molecular weight is 360 g/mol. The van der Waals surface area contributed by atoms with Gasteiger partial charge in [-0.25, -0.2) is 13.1 Å². The molecule has 1 amide bonds. The summed E-state index contributed by atoms with van der Waals surface area (Å²) in [5.41, 5.74) is 0.581. The molecular weight excluding hydrogens is 340 g/mol. The van der Waals surface area contributed by atoms with E-state index >= 15 is 0 Å². The second kappa shape index (κ2) is 7.67. The molecule has 0 radical (unpaired) electrons. The van der Waals surface area contributed by atoms with Crippen LogP contribution in [0.25, 0.3) is 0 Å². The quantitative estimate of drug-likeness (QED) is 0.743. The molecule has 0 fully saturated rings. The van der Waals surface area contributed by atoms with Crippen LogP contribution >= 0.6 is 0 Å². The van der Waals surface area contributed by atoms with Crippen molar-refractivity contribution in [3.05, 3.63) is 60.6 Å². The van der Waals surface area contributed by atoms with E-state index in [0.29, 0.717) is 23.8 Å². The van der Waals surface area contributed by atoms with E-state index in [1.807, 2.05) is 0 Å². The van der Waals surface area contributed by atoms with Gasteiger partial charge in [-0.1, -0.05) is 12.2 Å². The number of anilines is 1. The Morgan fingerprint density at radius 3 is 2.64 bits per heavy atom. The first-order valence-corrected chi connectivity index (χ1v) is 9.60. The van der Waals surface area contributed by atoms with Crippen LogP contribution in [0.2, 0.25) is 0 Å². The molecular formula is C18H20N2O4S. The van der Waals surface area contributed by atoms with E-state index in [1.165, 1.54) is 18.4 Å². The molecule has 1 aromatic heterocycles. The maximum Gasteiger partial charge on any atom is 0.240 e. The normalized spacial score (nSPS) is 16.9. The average Bonchev–Trinajstić information content (AvgIpc) is 3.27. The summed E-state index contributed by atoms with van der Waals surface area (Å²) in [4.78, 5) is 12.1. The fraction of sp³-hybridized carbons (Fsp3) is 0.278. The third-order valence-corrected chi connectivity index (χ3v) is 5.44. The summed E-state index contributed by atoms with van der Waals surface area (Å²) < 4.78 is 32.1. The smallest absolute Gasteiger partial charge is 0.240 e. The predicted octanol–water partition coefficient (Wildman–Crippen LogP) is 3.05. The lowest BCUT2D eigenvalue weighted by Crippen LogP contribution is -2.23. The number of rotatable bonds is 7. The zero-order valence-electron chi connectivity index (χ0n) is 13.6. The summed E-state index contributed by atoms with van der Waals surface area (Å²) >= 11 is 0. The van der Waals surface area contributed by atoms with Crippen molar-refractivity contribution in [1.29, 1.82) is 0 Å². The highest BCUT2D eigenvalue weighted by Crippen LogP contribution is 2.21. The van der Waals surface area contributed by atoms with Gasteiger partial charge in [0.25, 0.3) is 0 Å². The molecule has 3 rings (SSSR count). The minimum Gasteiger partial charge on any atom is -0.468 e. The fourth-order valence-electron chi connectivity index (χ4n) is 2.70. The van der Waals surface area contributed by atoms with Gasteiger partial charge in [0.1, 0.15) is 5.76 Å². The lowest BCUT2D eigenvalue weighted by Gasteiger charge is -2.10. The molecule has 1 atom stereocenters. The number of furan rings is 1. The lowest BCUT2D eigenvalue weighted by atomic mass is 10.1. The minimum absolute atomic E-state index is 0.0666. The first kappa shape index (κ1) is 17.4. The Hall–Kier alpha value is -2.38. The van der Waals surface area contributed by atoms with Crippen molar-refractivity contribution in [3.8, 4) is 0 Å². The molecule has 0 spiro atoms. The van der Waals surface area contributed by atoms with Crippen LogP contribution < -0.4 is 10.0 Å². The monoisotopic (exact) mass is 360 g/mol. The van der Waals surface area contributed by atoms with E-state index < -0.39 is 10.0 Å². The van der Waals surface area contributed by atoms with Crippen molar-refractivity contribution in [2.24, 2.45) is 5.92 Å². The van der Waals surface area contributed by atoms with Crippen LogP contribution in [0, 0.1) is 5.92 Å². The van der Waals surface area contributed by atoms with Gasteiger partial charge < -0.3 is 9.73 Å². The molecule has 6 nitrogen and oxygen atoms in total. The van der Waals surface area contributed by atoms with E-state index in [1.54, 1.807) is 24.3 Å². The van der Waals surface area contributed by atoms with Gasteiger partial charge >= 0.3 is 0 Å². The zero-order chi connectivity index (χ0) is 17.7. The van der Waals surface area contributed by atoms with Gasteiger partial charge in [-0.15, -0.1) is 0 Å². The molecule has 1 aliphatic carbocycles. The van der Waals surface area contributed by atoms with E-state index in [-0.39, 0.29) is 17.3 Å². The predicted molar refractivity (Wildman–Crippen MR) is 94.3 cm³/mol. The van der Waals surface area contributed by atoms with E-state index in [0.717, 1.165) is 12.8 Å². The van der Waals surface area contributed by atoms with Crippen LogP contribution in [0.15, 0.2) is 64.1 Å². The Bertz CT molecular complexity index is 840. The zero-order valence-corrected chi connectivity index (χ0v) is 14.5. The van der Waals surface area contributed by atoms with Crippen molar-refractivity contribution in [2.75, 3.05) is 5.32 Å². The van der Waals surface area contributed by atoms with Gasteiger partial charge in [0, 0.05) is 12.1 Å². The highest BCUT2D eigenvalue weighted by atomic mass is 32.2. The third-order valence-electron chi connectivity index (χ3n) is 4.02. The number of carbonyl (C=O) groups excluding carboxylic acids is 1. The third kappa shape index (κ3) is 4.80. The summed E-state index contributed by atoms with van der Waals surface area (Å²) in [5.74, 6) is 0.766. The Balaban J connectivity index is 1.57. The van der Waals surface area contributed by atoms with Crippen molar-refractivity contribution in [3.63, 3.8) is 0 Å². The first-order chi connectivity index (χ1) is 12.0. The van der Waals surface area contributed by atoms with Crippen molar-refractivity contribution in [1.82, 2.24) is 4.72 Å². The van der Waals surface area contributed by atoms with Crippen LogP contribution in [0.4, 0.5) is 5.69 Å². The van der Waals surface area contributed by atoms with Crippen LogP contribution in [-0.2, 0) is 21.4 Å². The van der Waals surface area contributed by atoms with Crippen molar-refractivity contribution >= 4 is 21.6 Å². The molecule has 1 heterocycles. The Morgan fingerprint density at radius 1 is 1.20 bits per heavy atom. The molecule has 0 bridgehead atoms. The van der Waals surface area contributed by atoms with Gasteiger partial charge in [0.2, 0.25) is 15.9 Å². The van der Waals surface area contributed by atoms with E-state index in [4.69, 9.17) is 4.42 Å². The van der Waals surface area contributed by atoms with Crippen LogP contribution in [0.1, 0.15) is 25.0 Å². The highest BCUT2D eigenvalue weighted by molar-refractivity contribution is 7.89. The van der Waals surface area contributed by atoms with Crippen molar-refractivity contribution in [2.45, 2.75) is 30.7 Å². The fourth-order valence-corrected chi connectivity index (χ4v) is 3.69. The molecule has 1 aromatic carbocycles. The maximum absolute atomic E-state index is 12.2. The van der Waals surface area contributed by atoms with Gasteiger partial charge in [0.15, 0.2) is 0 Å². The van der Waals surface area contributed by atoms with Gasteiger partial charge in [0.05, 0.1) is 17.7 Å². The Morgan fingerprint density at radius 2 is 2.00 bits per heavy atom. The molecule has 0 saturated carbocycles. The molecule has 2 aromatic rings. The lowest BCUT2D eigenvalue weighted by molar-refractivity contribution is -0.116. The number of carbonyl (C=O) groups is 1. The highest BCUT2D eigenvalue weighted by Gasteiger charge is 2.16. The first-order valence-electron chi connectivity index (χ1n) is 8.11. The van der Waals surface area contributed by atoms with Crippen molar-refractivity contribution < 1.29 is 17.6 Å². The topological polar surface area (TPSA) is 88.4 Å². The van der Waals surface area contributed by atoms with Crippen LogP contribution in [-0.4, -0.2) is 14.3 Å². The molecule has 0 aliphatic heterocycles. The van der Waals surface area contributed by atoms with E-state index in [9.17, 15) is 13.2 Å². The molecule has 1 aliphatic rings. The Labute approximate surface area is 147 Å². The second-order valence-corrected chi connectivity index (χ2v) is 7.71. The number of sulfonamides is 1. The minimum atomic E-state index is -3.63. The number of amides is 1. The van der Waals surface area contributed by atoms with Crippen LogP contribution in [0.5, 0.6) is 0 Å². The Kier molecular flexibility index (Phi) is 5.35. The number of hydrogen-bond acceptors (Lipinski definition) is 4. The summed E-state index contributed by atoms with van der Waals surface area (Å²) in [6, 6.07) is 9.50. The number of benzene rings is 1. The summed E-state index contributed by atoms with van der Waals surface area (Å²) in [5, 5.41) is 2.80. The number of hydrogen-bond donors (Lipinski definition) is 2. The molecule has 2 N–H and O–H groups in total. The number of allylic oxidation sites excluding steroid dienone is 2. The maximum atomic E-state index is 12.2. The van der Waals surface area contributed by atoms with E-state index in [2.05, 4.69) is 22.2 Å². The molecule has 25 heavy (non-hydrogen) atoms. The molecule has 7 heteroatoms.